The van der Waals surface area contributed by atoms with Gasteiger partial charge in [0.25, 0.3) is 0 Å². The molecule has 0 bridgehead atoms. The van der Waals surface area contributed by atoms with Crippen molar-refractivity contribution in [3.05, 3.63) is 96.8 Å². The average Bonchev–Trinajstić information content (AvgIpc) is 3.33. The van der Waals surface area contributed by atoms with Crippen molar-refractivity contribution in [2.45, 2.75) is 31.4 Å². The molecule has 6 aromatic rings. The van der Waals surface area contributed by atoms with Gasteiger partial charge in [-0.2, -0.15) is 9.61 Å². The van der Waals surface area contributed by atoms with E-state index in [0.29, 0.717) is 18.5 Å². The van der Waals surface area contributed by atoms with Crippen LogP contribution in [0.3, 0.4) is 0 Å². The summed E-state index contributed by atoms with van der Waals surface area (Å²) in [6.07, 6.45) is 7.83. The Kier molecular flexibility index (Phi) is 5.07. The molecule has 4 heterocycles. The first-order valence-corrected chi connectivity index (χ1v) is 12.6. The summed E-state index contributed by atoms with van der Waals surface area (Å²) in [6.45, 7) is 1.95. The minimum atomic E-state index is -0.492. The number of benzene rings is 2. The van der Waals surface area contributed by atoms with Crippen molar-refractivity contribution >= 4 is 16.7 Å². The van der Waals surface area contributed by atoms with Gasteiger partial charge in [0.1, 0.15) is 6.33 Å². The predicted octanol–water partition coefficient (Wildman–Crippen LogP) is 4.69. The van der Waals surface area contributed by atoms with Crippen molar-refractivity contribution in [1.82, 2.24) is 29.5 Å². The van der Waals surface area contributed by atoms with Gasteiger partial charge in [-0.05, 0) is 30.9 Å². The Labute approximate surface area is 218 Å². The number of rotatable bonds is 4. The molecule has 38 heavy (non-hydrogen) atoms. The van der Waals surface area contributed by atoms with Gasteiger partial charge < -0.3 is 10.8 Å². The van der Waals surface area contributed by atoms with Crippen LogP contribution in [0.2, 0.25) is 0 Å². The molecule has 186 valence electrons. The second-order valence-electron chi connectivity index (χ2n) is 10.1. The van der Waals surface area contributed by atoms with E-state index in [1.807, 2.05) is 61.9 Å². The average molecular weight is 500 g/mol. The molecule has 0 atom stereocenters. The van der Waals surface area contributed by atoms with Crippen LogP contribution in [-0.2, 0) is 5.54 Å². The van der Waals surface area contributed by atoms with Crippen molar-refractivity contribution in [2.75, 3.05) is 0 Å². The summed E-state index contributed by atoms with van der Waals surface area (Å²) in [5.74, 6) is 0. The third-order valence-corrected chi connectivity index (χ3v) is 7.40. The van der Waals surface area contributed by atoms with Crippen LogP contribution >= 0.6 is 0 Å². The Morgan fingerprint density at radius 2 is 1.63 bits per heavy atom. The molecule has 2 aromatic carbocycles. The Hall–Kier alpha value is -4.53. The van der Waals surface area contributed by atoms with Gasteiger partial charge in [0.15, 0.2) is 11.3 Å². The van der Waals surface area contributed by atoms with Crippen LogP contribution in [0.4, 0.5) is 0 Å². The number of aliphatic hydroxyl groups is 1. The van der Waals surface area contributed by atoms with Crippen molar-refractivity contribution in [3.8, 4) is 33.5 Å². The van der Waals surface area contributed by atoms with Crippen molar-refractivity contribution in [2.24, 2.45) is 5.73 Å². The quantitative estimate of drug-likeness (QED) is 0.362. The number of nitrogens with two attached hydrogens (primary N) is 1. The number of aryl methyl sites for hydroxylation is 1. The Morgan fingerprint density at radius 1 is 0.895 bits per heavy atom. The minimum absolute atomic E-state index is 0.337. The van der Waals surface area contributed by atoms with Crippen LogP contribution in [0.1, 0.15) is 24.1 Å². The number of nitrogens with zero attached hydrogens (tertiary/aromatic N) is 6. The van der Waals surface area contributed by atoms with Crippen molar-refractivity contribution in [3.63, 3.8) is 0 Å². The summed E-state index contributed by atoms with van der Waals surface area (Å²) >= 11 is 0. The fourth-order valence-corrected chi connectivity index (χ4v) is 5.53. The highest BCUT2D eigenvalue weighted by Crippen LogP contribution is 2.44. The van der Waals surface area contributed by atoms with E-state index in [2.05, 4.69) is 34.2 Å². The molecule has 1 aliphatic rings. The SMILES string of the molecule is Cc1cc2ncc3c(-c4cncnc4)c(-c4ccccc4)c(-c4ccc(C5(N)CC(O)C5)cc4)nc3n2n1. The fraction of sp³-hybridized carbons (Fsp3) is 0.167. The van der Waals surface area contributed by atoms with E-state index in [1.54, 1.807) is 4.52 Å². The zero-order chi connectivity index (χ0) is 25.9. The molecular formula is C30H25N7O. The van der Waals surface area contributed by atoms with Gasteiger partial charge in [-0.3, -0.25) is 0 Å². The maximum Gasteiger partial charge on any atom is 0.165 e. The second-order valence-corrected chi connectivity index (χ2v) is 10.1. The molecule has 0 saturated heterocycles. The lowest BCUT2D eigenvalue weighted by Crippen LogP contribution is -2.51. The van der Waals surface area contributed by atoms with Gasteiger partial charge in [-0.25, -0.2) is 19.9 Å². The number of pyridine rings is 1. The largest absolute Gasteiger partial charge is 0.393 e. The molecule has 1 aliphatic carbocycles. The highest BCUT2D eigenvalue weighted by atomic mass is 16.3. The molecule has 0 unspecified atom stereocenters. The first-order chi connectivity index (χ1) is 18.5. The van der Waals surface area contributed by atoms with Gasteiger partial charge in [-0.1, -0.05) is 54.6 Å². The number of aliphatic hydroxyl groups excluding tert-OH is 1. The standard InChI is InChI=1S/C30H25N7O/c1-18-11-25-34-16-24-26(21-14-32-17-33-15-21)27(19-5-3-2-4-6-19)28(35-29(24)37(25)36-18)20-7-9-22(10-8-20)30(31)12-23(38)13-30/h2-11,14-17,23,38H,12-13,31H2,1H3. The third kappa shape index (κ3) is 3.57. The second kappa shape index (κ2) is 8.51. The number of hydrogen-bond donors (Lipinski definition) is 2. The predicted molar refractivity (Wildman–Crippen MR) is 146 cm³/mol. The maximum atomic E-state index is 9.85. The Balaban J connectivity index is 1.56. The summed E-state index contributed by atoms with van der Waals surface area (Å²) in [6, 6.07) is 20.4. The molecule has 1 fully saturated rings. The van der Waals surface area contributed by atoms with Crippen molar-refractivity contribution in [1.29, 1.82) is 0 Å². The van der Waals surface area contributed by atoms with Crippen LogP contribution in [0.15, 0.2) is 85.6 Å². The van der Waals surface area contributed by atoms with Crippen LogP contribution in [-0.4, -0.2) is 40.8 Å². The summed E-state index contributed by atoms with van der Waals surface area (Å²) in [5, 5.41) is 15.4. The fourth-order valence-electron chi connectivity index (χ4n) is 5.53. The smallest absolute Gasteiger partial charge is 0.165 e. The molecule has 0 amide bonds. The summed E-state index contributed by atoms with van der Waals surface area (Å²) in [5.41, 5.74) is 14.9. The highest BCUT2D eigenvalue weighted by Gasteiger charge is 2.41. The van der Waals surface area contributed by atoms with E-state index in [0.717, 1.165) is 55.8 Å². The molecular weight excluding hydrogens is 474 g/mol. The lowest BCUT2D eigenvalue weighted by Gasteiger charge is -2.42. The summed E-state index contributed by atoms with van der Waals surface area (Å²) in [4.78, 5) is 18.6. The minimum Gasteiger partial charge on any atom is -0.393 e. The number of hydrogen-bond acceptors (Lipinski definition) is 7. The Bertz CT molecular complexity index is 1790. The molecule has 7 rings (SSSR count). The van der Waals surface area contributed by atoms with Gasteiger partial charge in [0, 0.05) is 57.8 Å². The van der Waals surface area contributed by atoms with Gasteiger partial charge >= 0.3 is 0 Å². The van der Waals surface area contributed by atoms with Crippen LogP contribution in [0, 0.1) is 6.92 Å². The monoisotopic (exact) mass is 499 g/mol. The van der Waals surface area contributed by atoms with Gasteiger partial charge in [0.2, 0.25) is 0 Å². The van der Waals surface area contributed by atoms with Gasteiger partial charge in [-0.15, -0.1) is 0 Å². The summed E-state index contributed by atoms with van der Waals surface area (Å²) < 4.78 is 1.80. The zero-order valence-electron chi connectivity index (χ0n) is 20.8. The van der Waals surface area contributed by atoms with E-state index in [-0.39, 0.29) is 6.10 Å². The first-order valence-electron chi connectivity index (χ1n) is 12.6. The molecule has 1 saturated carbocycles. The first kappa shape index (κ1) is 22.7. The summed E-state index contributed by atoms with van der Waals surface area (Å²) in [7, 11) is 0. The Morgan fingerprint density at radius 3 is 2.34 bits per heavy atom. The number of aromatic nitrogens is 6. The van der Waals surface area contributed by atoms with E-state index in [4.69, 9.17) is 20.8 Å². The molecule has 4 aromatic heterocycles. The third-order valence-electron chi connectivity index (χ3n) is 7.40. The molecule has 8 heteroatoms. The van der Waals surface area contributed by atoms with Crippen molar-refractivity contribution < 1.29 is 5.11 Å². The molecule has 0 spiro atoms. The molecule has 0 radical (unpaired) electrons. The van der Waals surface area contributed by atoms with E-state index >= 15 is 0 Å². The van der Waals surface area contributed by atoms with Crippen LogP contribution in [0.5, 0.6) is 0 Å². The molecule has 0 aliphatic heterocycles. The zero-order valence-corrected chi connectivity index (χ0v) is 20.8. The molecule has 8 nitrogen and oxygen atoms in total. The normalized spacial score (nSPS) is 19.1. The van der Waals surface area contributed by atoms with E-state index in [1.165, 1.54) is 6.33 Å². The van der Waals surface area contributed by atoms with E-state index < -0.39 is 5.54 Å². The van der Waals surface area contributed by atoms with Gasteiger partial charge in [0.05, 0.1) is 17.5 Å². The number of fused-ring (bicyclic) bond motifs is 3. The van der Waals surface area contributed by atoms with E-state index in [9.17, 15) is 5.11 Å². The lowest BCUT2D eigenvalue weighted by atomic mass is 9.70. The molecule has 3 N–H and O–H groups in total. The van der Waals surface area contributed by atoms with Crippen LogP contribution in [0.25, 0.3) is 50.2 Å². The highest BCUT2D eigenvalue weighted by molar-refractivity contribution is 6.06. The topological polar surface area (TPSA) is 115 Å². The maximum absolute atomic E-state index is 9.85. The van der Waals surface area contributed by atoms with Crippen LogP contribution < -0.4 is 5.73 Å². The lowest BCUT2D eigenvalue weighted by molar-refractivity contribution is 0.0209.